The summed E-state index contributed by atoms with van der Waals surface area (Å²) in [6.07, 6.45) is -5.33. The van der Waals surface area contributed by atoms with E-state index in [1.54, 1.807) is 0 Å². The van der Waals surface area contributed by atoms with Crippen LogP contribution in [0.3, 0.4) is 0 Å². The van der Waals surface area contributed by atoms with Gasteiger partial charge in [0.15, 0.2) is 0 Å². The maximum atomic E-state index is 11.1. The first-order valence-electron chi connectivity index (χ1n) is 6.25. The number of amides is 1. The summed E-state index contributed by atoms with van der Waals surface area (Å²) in [5, 5.41) is 49.9. The summed E-state index contributed by atoms with van der Waals surface area (Å²) in [6, 6.07) is -2.40. The minimum atomic E-state index is -2.73. The minimum Gasteiger partial charge on any atom is -0.477 e. The number of nitrogens with one attached hydrogen (secondary N) is 1. The predicted octanol–water partition coefficient (Wildman–Crippen LogP) is -3.91. The van der Waals surface area contributed by atoms with Crippen LogP contribution in [0, 0.1) is 0 Å². The molecule has 1 unspecified atom stereocenters. The fourth-order valence-electron chi connectivity index (χ4n) is 2.16. The van der Waals surface area contributed by atoms with Crippen LogP contribution in [-0.2, 0) is 14.3 Å². The number of hydrogen-bond donors (Lipinski definition) is 7. The van der Waals surface area contributed by atoms with Crippen LogP contribution in [0.5, 0.6) is 0 Å². The topological polar surface area (TPSA) is 183 Å². The fraction of sp³-hybridized carbons (Fsp3) is 0.818. The lowest BCUT2D eigenvalue weighted by Gasteiger charge is -2.44. The van der Waals surface area contributed by atoms with Crippen LogP contribution in [-0.4, -0.2) is 80.2 Å². The number of carboxylic acid groups (broad SMARTS) is 1. The maximum absolute atomic E-state index is 11.1. The molecule has 0 bridgehead atoms. The molecule has 1 rings (SSSR count). The zero-order valence-corrected chi connectivity index (χ0v) is 11.3. The van der Waals surface area contributed by atoms with Crippen LogP contribution in [0.2, 0.25) is 0 Å². The number of aliphatic hydroxyl groups excluding tert-OH is 3. The summed E-state index contributed by atoms with van der Waals surface area (Å²) in [7, 11) is 0. The molecule has 0 aromatic heterocycles. The van der Waals surface area contributed by atoms with E-state index in [0.717, 1.165) is 6.92 Å². The van der Waals surface area contributed by atoms with Gasteiger partial charge >= 0.3 is 5.97 Å². The van der Waals surface area contributed by atoms with Gasteiger partial charge in [0.05, 0.1) is 30.9 Å². The Kier molecular flexibility index (Phi) is 5.61. The Morgan fingerprint density at radius 3 is 2.52 bits per heavy atom. The summed E-state index contributed by atoms with van der Waals surface area (Å²) < 4.78 is 4.94. The van der Waals surface area contributed by atoms with Crippen LogP contribution < -0.4 is 11.1 Å². The standard InChI is InChI=1S/C11H20N2O8/c1-4(15)13-7-6(16)2-11(20,10(18)19)21-9(7)8(17)5(12)3-14/h5-9,14,16-17,20H,2-3,12H2,1H3,(H,13,15)(H,18,19)/t5-,6+,7-,8-,9-,11?/m1/s1. The normalized spacial score (nSPS) is 35.8. The van der Waals surface area contributed by atoms with Crippen LogP contribution in [0.25, 0.3) is 0 Å². The number of hydrogen-bond acceptors (Lipinski definition) is 8. The number of ether oxygens (including phenoxy) is 1. The predicted molar refractivity (Wildman–Crippen MR) is 66.8 cm³/mol. The van der Waals surface area contributed by atoms with Crippen molar-refractivity contribution < 1.29 is 39.9 Å². The Hall–Kier alpha value is -1.30. The molecule has 1 heterocycles. The number of aliphatic hydroxyl groups is 4. The Labute approximate surface area is 120 Å². The second kappa shape index (κ2) is 6.64. The van der Waals surface area contributed by atoms with Gasteiger partial charge < -0.3 is 41.3 Å². The smallest absolute Gasteiger partial charge is 0.364 e. The lowest BCUT2D eigenvalue weighted by atomic mass is 9.88. The highest BCUT2D eigenvalue weighted by molar-refractivity contribution is 5.76. The average molecular weight is 308 g/mol. The molecule has 10 heteroatoms. The molecule has 1 amide bonds. The van der Waals surface area contributed by atoms with Crippen molar-refractivity contribution >= 4 is 11.9 Å². The minimum absolute atomic E-state index is 0.557. The molecule has 1 fully saturated rings. The number of aliphatic carboxylic acids is 1. The van der Waals surface area contributed by atoms with E-state index >= 15 is 0 Å². The molecule has 0 aromatic carbocycles. The molecule has 1 saturated heterocycles. The molecule has 1 aliphatic heterocycles. The zero-order valence-electron chi connectivity index (χ0n) is 11.3. The molecule has 122 valence electrons. The second-order valence-electron chi connectivity index (χ2n) is 5.01. The number of rotatable bonds is 5. The summed E-state index contributed by atoms with van der Waals surface area (Å²) in [4.78, 5) is 22.2. The van der Waals surface area contributed by atoms with E-state index in [4.69, 9.17) is 20.7 Å². The summed E-state index contributed by atoms with van der Waals surface area (Å²) >= 11 is 0. The summed E-state index contributed by atoms with van der Waals surface area (Å²) in [5.74, 6) is -5.04. The molecule has 10 nitrogen and oxygen atoms in total. The van der Waals surface area contributed by atoms with Gasteiger partial charge in [0, 0.05) is 13.3 Å². The van der Waals surface area contributed by atoms with Gasteiger partial charge in [-0.2, -0.15) is 0 Å². The van der Waals surface area contributed by atoms with Gasteiger partial charge in [-0.25, -0.2) is 4.79 Å². The summed E-state index contributed by atoms with van der Waals surface area (Å²) in [5.41, 5.74) is 5.45. The maximum Gasteiger partial charge on any atom is 0.364 e. The third kappa shape index (κ3) is 3.87. The van der Waals surface area contributed by atoms with E-state index in [1.807, 2.05) is 0 Å². The fourth-order valence-corrected chi connectivity index (χ4v) is 2.16. The van der Waals surface area contributed by atoms with Gasteiger partial charge in [0.25, 0.3) is 5.79 Å². The van der Waals surface area contributed by atoms with Crippen molar-refractivity contribution in [1.82, 2.24) is 5.32 Å². The number of carbonyl (C=O) groups is 2. The highest BCUT2D eigenvalue weighted by atomic mass is 16.7. The van der Waals surface area contributed by atoms with E-state index in [2.05, 4.69) is 5.32 Å². The first-order chi connectivity index (χ1) is 9.62. The Balaban J connectivity index is 3.07. The number of carbonyl (C=O) groups excluding carboxylic acids is 1. The van der Waals surface area contributed by atoms with Crippen molar-refractivity contribution in [2.24, 2.45) is 5.73 Å². The largest absolute Gasteiger partial charge is 0.477 e. The average Bonchev–Trinajstić information content (AvgIpc) is 2.39. The molecule has 0 saturated carbocycles. The molecule has 6 atom stereocenters. The molecule has 0 spiro atoms. The van der Waals surface area contributed by atoms with Crippen LogP contribution in [0.4, 0.5) is 0 Å². The van der Waals surface area contributed by atoms with Crippen LogP contribution >= 0.6 is 0 Å². The first-order valence-corrected chi connectivity index (χ1v) is 6.25. The van der Waals surface area contributed by atoms with Crippen molar-refractivity contribution in [2.75, 3.05) is 6.61 Å². The van der Waals surface area contributed by atoms with Crippen molar-refractivity contribution in [2.45, 2.75) is 49.5 Å². The molecule has 0 aromatic rings. The molecule has 1 aliphatic rings. The van der Waals surface area contributed by atoms with Crippen molar-refractivity contribution in [3.8, 4) is 0 Å². The van der Waals surface area contributed by atoms with Gasteiger partial charge in [-0.1, -0.05) is 0 Å². The van der Waals surface area contributed by atoms with Gasteiger partial charge in [-0.15, -0.1) is 0 Å². The molecule has 0 radical (unpaired) electrons. The van der Waals surface area contributed by atoms with Gasteiger partial charge in [-0.3, -0.25) is 4.79 Å². The Morgan fingerprint density at radius 2 is 2.10 bits per heavy atom. The summed E-state index contributed by atoms with van der Waals surface area (Å²) in [6.45, 7) is 0.509. The number of carboxylic acids is 1. The van der Waals surface area contributed by atoms with Gasteiger partial charge in [-0.05, 0) is 0 Å². The van der Waals surface area contributed by atoms with Crippen molar-refractivity contribution in [3.05, 3.63) is 0 Å². The molecular weight excluding hydrogens is 288 g/mol. The Bertz CT molecular complexity index is 406. The van der Waals surface area contributed by atoms with Crippen LogP contribution in [0.1, 0.15) is 13.3 Å². The van der Waals surface area contributed by atoms with E-state index in [0.29, 0.717) is 0 Å². The molecule has 8 N–H and O–H groups in total. The molecule has 21 heavy (non-hydrogen) atoms. The monoisotopic (exact) mass is 308 g/mol. The number of nitrogens with two attached hydrogens (primary N) is 1. The van der Waals surface area contributed by atoms with E-state index in [1.165, 1.54) is 0 Å². The SMILES string of the molecule is CC(=O)N[C@H]1[C@H]([C@H](O)[C@H](N)CO)OC(O)(C(=O)O)C[C@@H]1O. The van der Waals surface area contributed by atoms with Crippen molar-refractivity contribution in [3.63, 3.8) is 0 Å². The molecule has 0 aliphatic carbocycles. The zero-order chi connectivity index (χ0) is 16.4. The van der Waals surface area contributed by atoms with Crippen LogP contribution in [0.15, 0.2) is 0 Å². The third-order valence-electron chi connectivity index (χ3n) is 3.28. The first kappa shape index (κ1) is 17.8. The van der Waals surface area contributed by atoms with E-state index in [-0.39, 0.29) is 0 Å². The van der Waals surface area contributed by atoms with Gasteiger partial charge in [0.2, 0.25) is 5.91 Å². The lowest BCUT2D eigenvalue weighted by Crippen LogP contribution is -2.68. The van der Waals surface area contributed by atoms with Gasteiger partial charge in [0.1, 0.15) is 6.10 Å². The Morgan fingerprint density at radius 1 is 1.52 bits per heavy atom. The highest BCUT2D eigenvalue weighted by Gasteiger charge is 2.53. The lowest BCUT2D eigenvalue weighted by molar-refractivity contribution is -0.290. The van der Waals surface area contributed by atoms with E-state index in [9.17, 15) is 24.9 Å². The quantitative estimate of drug-likeness (QED) is 0.267. The highest BCUT2D eigenvalue weighted by Crippen LogP contribution is 2.30. The molecular formula is C11H20N2O8. The van der Waals surface area contributed by atoms with E-state index < -0.39 is 61.1 Å². The van der Waals surface area contributed by atoms with Crippen molar-refractivity contribution in [1.29, 1.82) is 0 Å². The third-order valence-corrected chi connectivity index (χ3v) is 3.28. The second-order valence-corrected chi connectivity index (χ2v) is 5.01.